The number of likely N-dealkylation sites (tertiary alicyclic amines) is 1. The second-order valence-corrected chi connectivity index (χ2v) is 8.79. The van der Waals surface area contributed by atoms with Crippen molar-refractivity contribution in [2.24, 2.45) is 5.92 Å². The molecule has 6 heteroatoms. The van der Waals surface area contributed by atoms with Gasteiger partial charge in [0, 0.05) is 63.6 Å². The number of piperazine rings is 1. The zero-order chi connectivity index (χ0) is 19.8. The maximum Gasteiger partial charge on any atom is 0.223 e. The number of hydrogen-bond acceptors (Lipinski definition) is 4. The molecule has 2 heterocycles. The molecule has 0 spiro atoms. The highest BCUT2D eigenvalue weighted by atomic mass is 32.2. The number of benzene rings is 1. The Labute approximate surface area is 173 Å². The van der Waals surface area contributed by atoms with E-state index in [1.54, 1.807) is 11.8 Å². The standard InChI is InChI=1S/C22H33N3O2S/c1-28-18-11-22(27)24-12-9-19(10-13-24)7-8-21(26)25-16-14-23(15-17-25)20-5-3-2-4-6-20/h2-6,19H,7-18H2,1H3. The van der Waals surface area contributed by atoms with Crippen molar-refractivity contribution in [2.45, 2.75) is 32.1 Å². The topological polar surface area (TPSA) is 43.9 Å². The van der Waals surface area contributed by atoms with Crippen LogP contribution in [0.1, 0.15) is 32.1 Å². The first-order valence-electron chi connectivity index (χ1n) is 10.5. The Hall–Kier alpha value is -1.69. The van der Waals surface area contributed by atoms with Gasteiger partial charge in [0.2, 0.25) is 11.8 Å². The summed E-state index contributed by atoms with van der Waals surface area (Å²) in [6.07, 6.45) is 6.39. The SMILES string of the molecule is CSCCC(=O)N1CCC(CCC(=O)N2CCN(c3ccccc3)CC2)CC1. The predicted molar refractivity (Wildman–Crippen MR) is 117 cm³/mol. The van der Waals surface area contributed by atoms with Crippen LogP contribution in [0.3, 0.4) is 0 Å². The maximum absolute atomic E-state index is 12.6. The molecule has 0 radical (unpaired) electrons. The van der Waals surface area contributed by atoms with E-state index >= 15 is 0 Å². The van der Waals surface area contributed by atoms with Crippen LogP contribution in [0.2, 0.25) is 0 Å². The van der Waals surface area contributed by atoms with Gasteiger partial charge in [0.25, 0.3) is 0 Å². The first-order valence-corrected chi connectivity index (χ1v) is 11.9. The molecule has 154 valence electrons. The van der Waals surface area contributed by atoms with Gasteiger partial charge in [-0.3, -0.25) is 9.59 Å². The molecule has 0 bridgehead atoms. The summed E-state index contributed by atoms with van der Waals surface area (Å²) in [5, 5.41) is 0. The molecule has 2 amide bonds. The fourth-order valence-electron chi connectivity index (χ4n) is 4.16. The lowest BCUT2D eigenvalue weighted by atomic mass is 9.91. The van der Waals surface area contributed by atoms with Crippen LogP contribution < -0.4 is 4.90 Å². The molecule has 0 saturated carbocycles. The zero-order valence-corrected chi connectivity index (χ0v) is 17.8. The van der Waals surface area contributed by atoms with E-state index in [1.807, 2.05) is 22.1 Å². The van der Waals surface area contributed by atoms with E-state index in [2.05, 4.69) is 29.2 Å². The number of para-hydroxylation sites is 1. The Balaban J connectivity index is 1.34. The van der Waals surface area contributed by atoms with Crippen molar-refractivity contribution in [3.8, 4) is 0 Å². The summed E-state index contributed by atoms with van der Waals surface area (Å²) in [4.78, 5) is 31.1. The third kappa shape index (κ3) is 5.90. The van der Waals surface area contributed by atoms with Crippen LogP contribution in [0.25, 0.3) is 0 Å². The van der Waals surface area contributed by atoms with Crippen LogP contribution in [-0.2, 0) is 9.59 Å². The molecule has 28 heavy (non-hydrogen) atoms. The van der Waals surface area contributed by atoms with E-state index in [0.717, 1.165) is 64.3 Å². The molecule has 1 aromatic carbocycles. The van der Waals surface area contributed by atoms with Crippen LogP contribution in [0.15, 0.2) is 30.3 Å². The summed E-state index contributed by atoms with van der Waals surface area (Å²) < 4.78 is 0. The summed E-state index contributed by atoms with van der Waals surface area (Å²) in [6, 6.07) is 10.4. The minimum absolute atomic E-state index is 0.292. The minimum atomic E-state index is 0.292. The number of hydrogen-bond donors (Lipinski definition) is 0. The zero-order valence-electron chi connectivity index (χ0n) is 17.0. The average molecular weight is 404 g/mol. The Morgan fingerprint density at radius 3 is 2.14 bits per heavy atom. The van der Waals surface area contributed by atoms with Crippen molar-refractivity contribution < 1.29 is 9.59 Å². The van der Waals surface area contributed by atoms with Gasteiger partial charge >= 0.3 is 0 Å². The normalized spacial score (nSPS) is 18.4. The molecule has 2 aliphatic heterocycles. The van der Waals surface area contributed by atoms with Crippen molar-refractivity contribution in [1.82, 2.24) is 9.80 Å². The molecule has 0 atom stereocenters. The smallest absolute Gasteiger partial charge is 0.223 e. The molecule has 0 N–H and O–H groups in total. The molecule has 0 aromatic heterocycles. The first-order chi connectivity index (χ1) is 13.7. The van der Waals surface area contributed by atoms with Crippen LogP contribution in [0, 0.1) is 5.92 Å². The fourth-order valence-corrected chi connectivity index (χ4v) is 4.54. The van der Waals surface area contributed by atoms with Crippen molar-refractivity contribution in [3.05, 3.63) is 30.3 Å². The number of carbonyl (C=O) groups is 2. The third-order valence-electron chi connectivity index (χ3n) is 6.01. The van der Waals surface area contributed by atoms with Gasteiger partial charge in [0.1, 0.15) is 0 Å². The molecular formula is C22H33N3O2S. The Morgan fingerprint density at radius 2 is 1.50 bits per heavy atom. The van der Waals surface area contributed by atoms with Gasteiger partial charge in [0.05, 0.1) is 0 Å². The average Bonchev–Trinajstić information content (AvgIpc) is 2.77. The quantitative estimate of drug-likeness (QED) is 0.702. The van der Waals surface area contributed by atoms with Crippen molar-refractivity contribution >= 4 is 29.3 Å². The number of nitrogens with zero attached hydrogens (tertiary/aromatic N) is 3. The largest absolute Gasteiger partial charge is 0.368 e. The number of carbonyl (C=O) groups excluding carboxylic acids is 2. The molecule has 0 unspecified atom stereocenters. The summed E-state index contributed by atoms with van der Waals surface area (Å²) in [5.74, 6) is 2.08. The van der Waals surface area contributed by atoms with Gasteiger partial charge in [-0.05, 0) is 43.6 Å². The van der Waals surface area contributed by atoms with Gasteiger partial charge in [-0.25, -0.2) is 0 Å². The number of anilines is 1. The maximum atomic E-state index is 12.6. The van der Waals surface area contributed by atoms with Gasteiger partial charge in [-0.2, -0.15) is 11.8 Å². The van der Waals surface area contributed by atoms with Gasteiger partial charge in [-0.1, -0.05) is 18.2 Å². The summed E-state index contributed by atoms with van der Waals surface area (Å²) >= 11 is 1.73. The molecule has 2 saturated heterocycles. The third-order valence-corrected chi connectivity index (χ3v) is 6.62. The molecule has 1 aromatic rings. The van der Waals surface area contributed by atoms with Crippen molar-refractivity contribution in [2.75, 3.05) is 56.2 Å². The fraction of sp³-hybridized carbons (Fsp3) is 0.636. The number of rotatable bonds is 7. The Morgan fingerprint density at radius 1 is 0.893 bits per heavy atom. The molecule has 3 rings (SSSR count). The van der Waals surface area contributed by atoms with E-state index in [-0.39, 0.29) is 0 Å². The highest BCUT2D eigenvalue weighted by Crippen LogP contribution is 2.23. The van der Waals surface area contributed by atoms with E-state index in [4.69, 9.17) is 0 Å². The second kappa shape index (κ2) is 10.7. The number of piperidine rings is 1. The minimum Gasteiger partial charge on any atom is -0.368 e. The monoisotopic (exact) mass is 403 g/mol. The van der Waals surface area contributed by atoms with Crippen LogP contribution >= 0.6 is 11.8 Å². The number of amides is 2. The van der Waals surface area contributed by atoms with E-state index in [1.165, 1.54) is 5.69 Å². The summed E-state index contributed by atoms with van der Waals surface area (Å²) in [5.41, 5.74) is 1.24. The lowest BCUT2D eigenvalue weighted by Crippen LogP contribution is -2.48. The second-order valence-electron chi connectivity index (χ2n) is 7.81. The van der Waals surface area contributed by atoms with E-state index in [0.29, 0.717) is 30.6 Å². The van der Waals surface area contributed by atoms with Crippen LogP contribution in [0.5, 0.6) is 0 Å². The predicted octanol–water partition coefficient (Wildman–Crippen LogP) is 3.11. The highest BCUT2D eigenvalue weighted by Gasteiger charge is 2.25. The summed E-state index contributed by atoms with van der Waals surface area (Å²) in [7, 11) is 0. The highest BCUT2D eigenvalue weighted by molar-refractivity contribution is 7.98. The van der Waals surface area contributed by atoms with Gasteiger partial charge < -0.3 is 14.7 Å². The Bertz CT molecular complexity index is 624. The lowest BCUT2D eigenvalue weighted by molar-refractivity contribution is -0.134. The van der Waals surface area contributed by atoms with Crippen LogP contribution in [-0.4, -0.2) is 72.9 Å². The van der Waals surface area contributed by atoms with Crippen molar-refractivity contribution in [3.63, 3.8) is 0 Å². The van der Waals surface area contributed by atoms with E-state index < -0.39 is 0 Å². The first kappa shape index (κ1) is 21.0. The Kier molecular flexibility index (Phi) is 8.07. The van der Waals surface area contributed by atoms with E-state index in [9.17, 15) is 9.59 Å². The van der Waals surface area contributed by atoms with Crippen molar-refractivity contribution in [1.29, 1.82) is 0 Å². The molecule has 2 fully saturated rings. The summed E-state index contributed by atoms with van der Waals surface area (Å²) in [6.45, 7) is 5.18. The molecule has 2 aliphatic rings. The number of thioether (sulfide) groups is 1. The van der Waals surface area contributed by atoms with Crippen LogP contribution in [0.4, 0.5) is 5.69 Å². The molecular weight excluding hydrogens is 370 g/mol. The molecule has 0 aliphatic carbocycles. The van der Waals surface area contributed by atoms with Gasteiger partial charge in [-0.15, -0.1) is 0 Å². The molecule has 5 nitrogen and oxygen atoms in total. The lowest BCUT2D eigenvalue weighted by Gasteiger charge is -2.36. The van der Waals surface area contributed by atoms with Gasteiger partial charge in [0.15, 0.2) is 0 Å².